The molecule has 0 atom stereocenters. The molecule has 0 aliphatic carbocycles. The van der Waals surface area contributed by atoms with Crippen LogP contribution in [0.2, 0.25) is 5.02 Å². The van der Waals surface area contributed by atoms with Crippen LogP contribution in [0.5, 0.6) is 0 Å². The van der Waals surface area contributed by atoms with Gasteiger partial charge >= 0.3 is 5.97 Å². The number of halogens is 1. The number of esters is 1. The number of methoxy groups -OCH3 is 2. The van der Waals surface area contributed by atoms with Crippen molar-refractivity contribution in [2.75, 3.05) is 26.6 Å². The summed E-state index contributed by atoms with van der Waals surface area (Å²) in [4.78, 5) is 15.8. The molecule has 0 N–H and O–H groups in total. The molecule has 0 radical (unpaired) electrons. The second-order valence-electron chi connectivity index (χ2n) is 4.04. The van der Waals surface area contributed by atoms with Crippen LogP contribution in [0.25, 0.3) is 11.0 Å². The number of fused-ring (bicyclic) bond motifs is 1. The van der Waals surface area contributed by atoms with E-state index >= 15 is 0 Å². The number of aromatic nitrogens is 2. The van der Waals surface area contributed by atoms with E-state index in [0.29, 0.717) is 18.2 Å². The van der Waals surface area contributed by atoms with Crippen LogP contribution in [0.3, 0.4) is 0 Å². The Balaban J connectivity index is 2.32. The van der Waals surface area contributed by atoms with E-state index in [9.17, 15) is 4.79 Å². The Morgan fingerprint density at radius 1 is 1.45 bits per heavy atom. The van der Waals surface area contributed by atoms with Crippen LogP contribution in [0, 0.1) is 0 Å². The molecule has 0 amide bonds. The highest BCUT2D eigenvalue weighted by Gasteiger charge is 2.13. The Morgan fingerprint density at radius 3 is 2.95 bits per heavy atom. The fourth-order valence-electron chi connectivity index (χ4n) is 1.77. The minimum atomic E-state index is -0.279. The van der Waals surface area contributed by atoms with Crippen LogP contribution in [0.15, 0.2) is 23.4 Å². The minimum absolute atomic E-state index is 0.223. The van der Waals surface area contributed by atoms with Crippen molar-refractivity contribution in [1.82, 2.24) is 9.55 Å². The molecule has 5 nitrogen and oxygen atoms in total. The van der Waals surface area contributed by atoms with Crippen LogP contribution in [0.1, 0.15) is 0 Å². The van der Waals surface area contributed by atoms with Crippen LogP contribution in [0.4, 0.5) is 0 Å². The summed E-state index contributed by atoms with van der Waals surface area (Å²) in [5, 5.41) is 1.39. The van der Waals surface area contributed by atoms with Gasteiger partial charge in [0.2, 0.25) is 0 Å². The number of carbonyl (C=O) groups is 1. The number of rotatable bonds is 6. The lowest BCUT2D eigenvalue weighted by atomic mass is 10.3. The largest absolute Gasteiger partial charge is 0.468 e. The Labute approximate surface area is 126 Å². The number of nitrogens with zero attached hydrogens (tertiary/aromatic N) is 2. The van der Waals surface area contributed by atoms with Gasteiger partial charge < -0.3 is 14.0 Å². The van der Waals surface area contributed by atoms with Gasteiger partial charge in [-0.25, -0.2) is 4.98 Å². The third-order valence-electron chi connectivity index (χ3n) is 2.74. The van der Waals surface area contributed by atoms with Crippen LogP contribution >= 0.6 is 23.4 Å². The number of ether oxygens (including phenoxy) is 2. The summed E-state index contributed by atoms with van der Waals surface area (Å²) in [6.07, 6.45) is 0. The molecule has 0 saturated carbocycles. The number of benzene rings is 1. The first-order chi connectivity index (χ1) is 9.65. The standard InChI is InChI=1S/C13H15ClN2O3S/c1-18-6-5-16-11-4-3-9(14)7-10(11)15-13(16)20-8-12(17)19-2/h3-4,7H,5-6,8H2,1-2H3. The quantitative estimate of drug-likeness (QED) is 0.606. The smallest absolute Gasteiger partial charge is 0.316 e. The number of carbonyl (C=O) groups excluding carboxylic acids is 1. The number of hydrogen-bond donors (Lipinski definition) is 0. The van der Waals surface area contributed by atoms with E-state index in [2.05, 4.69) is 9.72 Å². The Kier molecular flexibility index (Phi) is 5.28. The molecule has 0 aliphatic heterocycles. The van der Waals surface area contributed by atoms with Crippen molar-refractivity contribution >= 4 is 40.4 Å². The van der Waals surface area contributed by atoms with E-state index in [-0.39, 0.29) is 11.7 Å². The fraction of sp³-hybridized carbons (Fsp3) is 0.385. The third kappa shape index (κ3) is 3.45. The molecule has 0 fully saturated rings. The molecule has 0 unspecified atom stereocenters. The predicted molar refractivity (Wildman–Crippen MR) is 79.4 cm³/mol. The Bertz CT molecular complexity index is 615. The number of thioether (sulfide) groups is 1. The summed E-state index contributed by atoms with van der Waals surface area (Å²) in [5.74, 6) is -0.0565. The molecule has 0 spiro atoms. The first-order valence-electron chi connectivity index (χ1n) is 6.00. The monoisotopic (exact) mass is 314 g/mol. The van der Waals surface area contributed by atoms with Crippen molar-refractivity contribution in [3.63, 3.8) is 0 Å². The van der Waals surface area contributed by atoms with Gasteiger partial charge in [0.05, 0.1) is 30.5 Å². The molecule has 0 aliphatic rings. The van der Waals surface area contributed by atoms with Gasteiger partial charge in [-0.1, -0.05) is 23.4 Å². The van der Waals surface area contributed by atoms with Crippen molar-refractivity contribution in [1.29, 1.82) is 0 Å². The van der Waals surface area contributed by atoms with E-state index < -0.39 is 0 Å². The molecule has 1 heterocycles. The highest BCUT2D eigenvalue weighted by molar-refractivity contribution is 7.99. The number of hydrogen-bond acceptors (Lipinski definition) is 5. The fourth-order valence-corrected chi connectivity index (χ4v) is 2.81. The highest BCUT2D eigenvalue weighted by atomic mass is 35.5. The topological polar surface area (TPSA) is 53.4 Å². The van der Waals surface area contributed by atoms with Gasteiger partial charge in [0, 0.05) is 18.7 Å². The van der Waals surface area contributed by atoms with Crippen LogP contribution < -0.4 is 0 Å². The SMILES string of the molecule is COCCn1c(SCC(=O)OC)nc2cc(Cl)ccc21. The summed E-state index contributed by atoms with van der Waals surface area (Å²) in [7, 11) is 3.02. The first kappa shape index (κ1) is 15.2. The minimum Gasteiger partial charge on any atom is -0.468 e. The third-order valence-corrected chi connectivity index (χ3v) is 3.93. The lowest BCUT2D eigenvalue weighted by Crippen LogP contribution is -2.08. The normalized spacial score (nSPS) is 10.9. The maximum atomic E-state index is 11.3. The predicted octanol–water partition coefficient (Wildman–Crippen LogP) is 2.60. The zero-order valence-electron chi connectivity index (χ0n) is 11.3. The average molecular weight is 315 g/mol. The van der Waals surface area contributed by atoms with Crippen molar-refractivity contribution in [2.24, 2.45) is 0 Å². The van der Waals surface area contributed by atoms with Gasteiger partial charge in [-0.15, -0.1) is 0 Å². The van der Waals surface area contributed by atoms with E-state index in [1.807, 2.05) is 22.8 Å². The van der Waals surface area contributed by atoms with Crippen molar-refractivity contribution in [3.05, 3.63) is 23.2 Å². The summed E-state index contributed by atoms with van der Waals surface area (Å²) in [6, 6.07) is 5.55. The van der Waals surface area contributed by atoms with Gasteiger partial charge in [0.1, 0.15) is 0 Å². The van der Waals surface area contributed by atoms with E-state index in [0.717, 1.165) is 16.2 Å². The van der Waals surface area contributed by atoms with Crippen molar-refractivity contribution in [3.8, 4) is 0 Å². The summed E-state index contributed by atoms with van der Waals surface area (Å²) in [5.41, 5.74) is 1.78. The van der Waals surface area contributed by atoms with Gasteiger partial charge in [-0.3, -0.25) is 4.79 Å². The molecule has 0 bridgehead atoms. The molecule has 108 valence electrons. The molecule has 0 saturated heterocycles. The van der Waals surface area contributed by atoms with Gasteiger partial charge in [0.15, 0.2) is 5.16 Å². The molecule has 20 heavy (non-hydrogen) atoms. The molecular formula is C13H15ClN2O3S. The molecule has 1 aromatic carbocycles. The average Bonchev–Trinajstić information content (AvgIpc) is 2.79. The zero-order chi connectivity index (χ0) is 14.5. The van der Waals surface area contributed by atoms with E-state index in [1.165, 1.54) is 18.9 Å². The Hall–Kier alpha value is -1.24. The maximum absolute atomic E-state index is 11.3. The zero-order valence-corrected chi connectivity index (χ0v) is 12.8. The van der Waals surface area contributed by atoms with Crippen LogP contribution in [-0.4, -0.2) is 42.1 Å². The Morgan fingerprint density at radius 2 is 2.25 bits per heavy atom. The first-order valence-corrected chi connectivity index (χ1v) is 7.36. The lowest BCUT2D eigenvalue weighted by Gasteiger charge is -2.07. The second kappa shape index (κ2) is 6.97. The van der Waals surface area contributed by atoms with Gasteiger partial charge in [-0.05, 0) is 18.2 Å². The molecule has 2 rings (SSSR count). The van der Waals surface area contributed by atoms with E-state index in [4.69, 9.17) is 16.3 Å². The lowest BCUT2D eigenvalue weighted by molar-refractivity contribution is -0.137. The highest BCUT2D eigenvalue weighted by Crippen LogP contribution is 2.26. The van der Waals surface area contributed by atoms with Crippen molar-refractivity contribution < 1.29 is 14.3 Å². The van der Waals surface area contributed by atoms with Crippen molar-refractivity contribution in [2.45, 2.75) is 11.7 Å². The van der Waals surface area contributed by atoms with Gasteiger partial charge in [0.25, 0.3) is 0 Å². The maximum Gasteiger partial charge on any atom is 0.316 e. The summed E-state index contributed by atoms with van der Waals surface area (Å²) in [6.45, 7) is 1.23. The molecule has 2 aromatic rings. The van der Waals surface area contributed by atoms with E-state index in [1.54, 1.807) is 7.11 Å². The summed E-state index contributed by atoms with van der Waals surface area (Å²) >= 11 is 7.32. The van der Waals surface area contributed by atoms with Crippen LogP contribution in [-0.2, 0) is 20.8 Å². The molecule has 7 heteroatoms. The van der Waals surface area contributed by atoms with Gasteiger partial charge in [-0.2, -0.15) is 0 Å². The molecular weight excluding hydrogens is 300 g/mol. The second-order valence-corrected chi connectivity index (χ2v) is 5.42. The molecule has 1 aromatic heterocycles. The number of imidazole rings is 1. The summed E-state index contributed by atoms with van der Waals surface area (Å²) < 4.78 is 11.8.